The number of aromatic nitrogens is 5. The van der Waals surface area contributed by atoms with Crippen LogP contribution >= 0.6 is 11.6 Å². The number of anilines is 1. The van der Waals surface area contributed by atoms with Crippen molar-refractivity contribution in [3.05, 3.63) is 51.3 Å². The third kappa shape index (κ3) is 3.06. The Morgan fingerprint density at radius 3 is 3.00 bits per heavy atom. The zero-order chi connectivity index (χ0) is 18.0. The lowest BCUT2D eigenvalue weighted by atomic mass is 10.2. The Morgan fingerprint density at radius 2 is 2.24 bits per heavy atom. The van der Waals surface area contributed by atoms with Gasteiger partial charge in [-0.05, 0) is 6.07 Å². The zero-order valence-corrected chi connectivity index (χ0v) is 13.6. The van der Waals surface area contributed by atoms with E-state index in [1.54, 1.807) is 18.2 Å². The predicted molar refractivity (Wildman–Crippen MR) is 86.3 cm³/mol. The van der Waals surface area contributed by atoms with Gasteiger partial charge in [0.1, 0.15) is 12.9 Å². The number of ether oxygens (including phenoxy) is 1. The van der Waals surface area contributed by atoms with Crippen LogP contribution in [0.15, 0.2) is 29.3 Å². The molecule has 0 saturated heterocycles. The lowest BCUT2D eigenvalue weighted by Crippen LogP contribution is -2.27. The number of carbonyl (C=O) groups is 2. The number of rotatable bonds is 5. The summed E-state index contributed by atoms with van der Waals surface area (Å²) in [5, 5.41) is 10.3. The van der Waals surface area contributed by atoms with Gasteiger partial charge in [0.15, 0.2) is 11.3 Å². The minimum atomic E-state index is -0.611. The first kappa shape index (κ1) is 16.6. The molecule has 1 amide bonds. The van der Waals surface area contributed by atoms with Crippen molar-refractivity contribution in [3.63, 3.8) is 0 Å². The van der Waals surface area contributed by atoms with Gasteiger partial charge in [0, 0.05) is 12.6 Å². The second-order valence-corrected chi connectivity index (χ2v) is 5.30. The van der Waals surface area contributed by atoms with Gasteiger partial charge in [-0.3, -0.25) is 9.59 Å². The fourth-order valence-electron chi connectivity index (χ4n) is 2.13. The van der Waals surface area contributed by atoms with Crippen LogP contribution < -0.4 is 11.0 Å². The van der Waals surface area contributed by atoms with Gasteiger partial charge in [-0.1, -0.05) is 28.9 Å². The fourth-order valence-corrected chi connectivity index (χ4v) is 2.36. The molecular weight excluding hydrogens is 352 g/mol. The van der Waals surface area contributed by atoms with Crippen molar-refractivity contribution in [2.24, 2.45) is 7.05 Å². The Hall–Kier alpha value is -3.27. The molecule has 0 unspecified atom stereocenters. The Balaban J connectivity index is 1.92. The summed E-state index contributed by atoms with van der Waals surface area (Å²) >= 11 is 6.20. The highest BCUT2D eigenvalue weighted by Gasteiger charge is 2.18. The number of aryl methyl sites for hydroxylation is 1. The zero-order valence-electron chi connectivity index (χ0n) is 12.8. The summed E-state index contributed by atoms with van der Waals surface area (Å²) in [5.41, 5.74) is 0.294. The summed E-state index contributed by atoms with van der Waals surface area (Å²) in [5.74, 6) is -0.611. The molecule has 0 saturated carbocycles. The van der Waals surface area contributed by atoms with Gasteiger partial charge in [-0.2, -0.15) is 4.68 Å². The molecule has 11 heteroatoms. The maximum absolute atomic E-state index is 12.5. The highest BCUT2D eigenvalue weighted by Crippen LogP contribution is 2.27. The Bertz CT molecular complexity index is 1030. The third-order valence-electron chi connectivity index (χ3n) is 3.35. The van der Waals surface area contributed by atoms with Crippen molar-refractivity contribution in [1.29, 1.82) is 0 Å². The summed E-state index contributed by atoms with van der Waals surface area (Å²) in [4.78, 5) is 38.6. The second-order valence-electron chi connectivity index (χ2n) is 4.92. The lowest BCUT2D eigenvalue weighted by Gasteiger charge is -2.09. The van der Waals surface area contributed by atoms with E-state index in [0.717, 1.165) is 9.08 Å². The smallest absolute Gasteiger partial charge is 0.352 e. The molecule has 0 atom stereocenters. The topological polar surface area (TPSA) is 120 Å². The molecule has 0 aliphatic heterocycles. The Morgan fingerprint density at radius 1 is 1.44 bits per heavy atom. The number of benzene rings is 1. The average Bonchev–Trinajstić information content (AvgIpc) is 3.04. The highest BCUT2D eigenvalue weighted by molar-refractivity contribution is 6.34. The molecular formula is C14H11ClN6O4. The summed E-state index contributed by atoms with van der Waals surface area (Å²) < 4.78 is 6.79. The van der Waals surface area contributed by atoms with E-state index in [1.165, 1.54) is 13.4 Å². The minimum Gasteiger partial charge on any atom is -0.463 e. The quantitative estimate of drug-likeness (QED) is 0.652. The standard InChI is InChI=1S/C14H11ClN6O4/c1-20-14(24)21-6-16-11(12(21)18-19-20)13(23)17-9-4-2-3-8(10(9)15)5-25-7-22/h2-4,6-7H,5H2,1H3,(H,17,23). The molecule has 3 rings (SSSR count). The number of nitrogens with zero attached hydrogens (tertiary/aromatic N) is 5. The molecule has 0 radical (unpaired) electrons. The lowest BCUT2D eigenvalue weighted by molar-refractivity contribution is -0.129. The predicted octanol–water partition coefficient (Wildman–Crippen LogP) is 0.402. The van der Waals surface area contributed by atoms with E-state index in [0.29, 0.717) is 17.7 Å². The van der Waals surface area contributed by atoms with Crippen molar-refractivity contribution in [2.45, 2.75) is 6.61 Å². The first-order chi connectivity index (χ1) is 12.0. The number of hydrogen-bond acceptors (Lipinski definition) is 7. The number of amides is 1. The van der Waals surface area contributed by atoms with Crippen LogP contribution in [0.25, 0.3) is 5.65 Å². The second kappa shape index (κ2) is 6.69. The van der Waals surface area contributed by atoms with Gasteiger partial charge in [0.05, 0.1) is 10.7 Å². The largest absolute Gasteiger partial charge is 0.463 e. The molecule has 3 aromatic rings. The van der Waals surface area contributed by atoms with Crippen LogP contribution in [0.3, 0.4) is 0 Å². The van der Waals surface area contributed by atoms with Crippen molar-refractivity contribution < 1.29 is 14.3 Å². The Labute approximate surface area is 145 Å². The van der Waals surface area contributed by atoms with E-state index in [2.05, 4.69) is 25.3 Å². The van der Waals surface area contributed by atoms with E-state index < -0.39 is 11.6 Å². The number of imidazole rings is 1. The van der Waals surface area contributed by atoms with Crippen molar-refractivity contribution in [3.8, 4) is 0 Å². The average molecular weight is 363 g/mol. The number of hydrogen-bond donors (Lipinski definition) is 1. The number of nitrogens with one attached hydrogen (secondary N) is 1. The van der Waals surface area contributed by atoms with Gasteiger partial charge in [-0.25, -0.2) is 14.2 Å². The molecule has 0 fully saturated rings. The molecule has 0 aliphatic rings. The highest BCUT2D eigenvalue weighted by atomic mass is 35.5. The molecule has 128 valence electrons. The SMILES string of the molecule is Cn1nnc2c(C(=O)Nc3cccc(COC=O)c3Cl)ncn2c1=O. The maximum atomic E-state index is 12.5. The molecule has 0 spiro atoms. The molecule has 0 bridgehead atoms. The van der Waals surface area contributed by atoms with Gasteiger partial charge in [0.2, 0.25) is 0 Å². The molecule has 1 aromatic carbocycles. The van der Waals surface area contributed by atoms with Crippen molar-refractivity contribution in [1.82, 2.24) is 24.4 Å². The van der Waals surface area contributed by atoms with Crippen LogP contribution in [0.1, 0.15) is 16.1 Å². The molecule has 1 N–H and O–H groups in total. The fraction of sp³-hybridized carbons (Fsp3) is 0.143. The van der Waals surface area contributed by atoms with Gasteiger partial charge >= 0.3 is 5.69 Å². The molecule has 2 heterocycles. The molecule has 0 aliphatic carbocycles. The number of halogens is 1. The molecule has 25 heavy (non-hydrogen) atoms. The number of carbonyl (C=O) groups excluding carboxylic acids is 2. The van der Waals surface area contributed by atoms with Crippen LogP contribution in [0.4, 0.5) is 5.69 Å². The van der Waals surface area contributed by atoms with Gasteiger partial charge < -0.3 is 10.1 Å². The van der Waals surface area contributed by atoms with E-state index in [9.17, 15) is 14.4 Å². The van der Waals surface area contributed by atoms with E-state index >= 15 is 0 Å². The van der Waals surface area contributed by atoms with Gasteiger partial charge in [0.25, 0.3) is 12.4 Å². The van der Waals surface area contributed by atoms with Gasteiger partial charge in [-0.15, -0.1) is 5.10 Å². The van der Waals surface area contributed by atoms with Crippen LogP contribution in [0, 0.1) is 0 Å². The van der Waals surface area contributed by atoms with Crippen LogP contribution in [-0.4, -0.2) is 36.8 Å². The monoisotopic (exact) mass is 362 g/mol. The minimum absolute atomic E-state index is 0.0252. The van der Waals surface area contributed by atoms with Crippen molar-refractivity contribution in [2.75, 3.05) is 5.32 Å². The third-order valence-corrected chi connectivity index (χ3v) is 3.79. The van der Waals surface area contributed by atoms with Crippen LogP contribution in [0.2, 0.25) is 5.02 Å². The summed E-state index contributed by atoms with van der Waals surface area (Å²) in [7, 11) is 1.43. The number of fused-ring (bicyclic) bond motifs is 1. The first-order valence-corrected chi connectivity index (χ1v) is 7.31. The van der Waals surface area contributed by atoms with E-state index in [-0.39, 0.29) is 23.0 Å². The van der Waals surface area contributed by atoms with E-state index in [4.69, 9.17) is 11.6 Å². The van der Waals surface area contributed by atoms with Crippen molar-refractivity contribution >= 4 is 35.3 Å². The Kier molecular flexibility index (Phi) is 4.44. The summed E-state index contributed by atoms with van der Waals surface area (Å²) in [6.07, 6.45) is 1.19. The summed E-state index contributed by atoms with van der Waals surface area (Å²) in [6, 6.07) is 4.88. The molecule has 10 nitrogen and oxygen atoms in total. The van der Waals surface area contributed by atoms with E-state index in [1.807, 2.05) is 0 Å². The summed E-state index contributed by atoms with van der Waals surface area (Å²) in [6.45, 7) is 0.277. The maximum Gasteiger partial charge on any atom is 0.352 e. The molecule has 2 aromatic heterocycles. The van der Waals surface area contributed by atoms with Crippen LogP contribution in [-0.2, 0) is 23.2 Å². The normalized spacial score (nSPS) is 10.6. The first-order valence-electron chi connectivity index (χ1n) is 6.94. The van der Waals surface area contributed by atoms with Crippen LogP contribution in [0.5, 0.6) is 0 Å².